The lowest BCUT2D eigenvalue weighted by molar-refractivity contribution is 0.669. The number of benzene rings is 9. The fourth-order valence-corrected chi connectivity index (χ4v) is 10.9. The van der Waals surface area contributed by atoms with Crippen LogP contribution in [0.15, 0.2) is 240 Å². The molecule has 9 aromatic carbocycles. The molecule has 13 aromatic rings. The van der Waals surface area contributed by atoms with E-state index in [0.717, 1.165) is 116 Å². The Morgan fingerprint density at radius 1 is 0.333 bits per heavy atom. The van der Waals surface area contributed by atoms with Crippen LogP contribution in [0.3, 0.4) is 0 Å². The number of fused-ring (bicyclic) bond motifs is 11. The number of furan rings is 2. The van der Waals surface area contributed by atoms with E-state index in [9.17, 15) is 0 Å². The molecule has 1 aliphatic carbocycles. The highest BCUT2D eigenvalue weighted by molar-refractivity contribution is 6.25. The van der Waals surface area contributed by atoms with Crippen molar-refractivity contribution in [2.45, 2.75) is 5.41 Å². The third kappa shape index (κ3) is 5.92. The monoisotopic (exact) mass is 882 g/mol. The predicted molar refractivity (Wildman–Crippen MR) is 277 cm³/mol. The van der Waals surface area contributed by atoms with E-state index in [1.807, 2.05) is 79.1 Å². The van der Waals surface area contributed by atoms with Gasteiger partial charge >= 0.3 is 0 Å². The number of hydrogen-bond donors (Lipinski definition) is 0. The minimum atomic E-state index is -0.782. The Morgan fingerprint density at radius 3 is 1.32 bits per heavy atom. The number of pyridine rings is 1. The summed E-state index contributed by atoms with van der Waals surface area (Å²) in [6, 6.07) is 76.5. The quantitative estimate of drug-likeness (QED) is 0.159. The summed E-state index contributed by atoms with van der Waals surface area (Å²) in [6.45, 7) is 0. The van der Waals surface area contributed by atoms with E-state index in [4.69, 9.17) is 23.8 Å². The van der Waals surface area contributed by atoms with Crippen LogP contribution >= 0.6 is 0 Å². The van der Waals surface area contributed by atoms with Crippen LogP contribution in [0.4, 0.5) is 0 Å². The summed E-state index contributed by atoms with van der Waals surface area (Å²) in [5, 5.41) is 4.21. The van der Waals surface area contributed by atoms with Crippen molar-refractivity contribution in [3.05, 3.63) is 253 Å². The summed E-state index contributed by atoms with van der Waals surface area (Å²) >= 11 is 0. The highest BCUT2D eigenvalue weighted by Crippen LogP contribution is 2.63. The highest BCUT2D eigenvalue weighted by Gasteiger charge is 2.49. The van der Waals surface area contributed by atoms with Crippen LogP contribution in [-0.2, 0) is 5.41 Å². The van der Waals surface area contributed by atoms with Crippen LogP contribution in [0.5, 0.6) is 0 Å². The van der Waals surface area contributed by atoms with Crippen LogP contribution in [0.2, 0.25) is 0 Å². The molecule has 0 fully saturated rings. The summed E-state index contributed by atoms with van der Waals surface area (Å²) in [7, 11) is 0. The van der Waals surface area contributed by atoms with Gasteiger partial charge in [0.05, 0.1) is 5.41 Å². The lowest BCUT2D eigenvalue weighted by Crippen LogP contribution is -2.28. The smallest absolute Gasteiger partial charge is 0.164 e. The fourth-order valence-electron chi connectivity index (χ4n) is 10.9. The first-order valence-electron chi connectivity index (χ1n) is 23.2. The molecule has 0 saturated carbocycles. The van der Waals surface area contributed by atoms with Gasteiger partial charge in [0.2, 0.25) is 0 Å². The molecule has 0 aliphatic heterocycles. The number of nitrogens with zero attached hydrogens (tertiary/aromatic N) is 4. The van der Waals surface area contributed by atoms with Gasteiger partial charge in [-0.25, -0.2) is 15.0 Å². The molecular weight excluding hydrogens is 845 g/mol. The Bertz CT molecular complexity index is 4000. The van der Waals surface area contributed by atoms with Gasteiger partial charge in [-0.3, -0.25) is 4.98 Å². The first-order chi connectivity index (χ1) is 34.2. The van der Waals surface area contributed by atoms with E-state index < -0.39 is 5.41 Å². The molecule has 1 aliphatic rings. The average molecular weight is 883 g/mol. The van der Waals surface area contributed by atoms with E-state index in [1.165, 1.54) is 0 Å². The van der Waals surface area contributed by atoms with Crippen molar-refractivity contribution in [2.24, 2.45) is 0 Å². The van der Waals surface area contributed by atoms with Crippen LogP contribution < -0.4 is 0 Å². The summed E-state index contributed by atoms with van der Waals surface area (Å²) in [6.07, 6.45) is 3.71. The predicted octanol–water partition coefficient (Wildman–Crippen LogP) is 15.8. The van der Waals surface area contributed by atoms with Gasteiger partial charge in [-0.05, 0) is 75.3 Å². The molecule has 0 unspecified atom stereocenters. The van der Waals surface area contributed by atoms with Gasteiger partial charge in [-0.1, -0.05) is 182 Å². The lowest BCUT2D eigenvalue weighted by atomic mass is 9.67. The number of para-hydroxylation sites is 2. The highest BCUT2D eigenvalue weighted by atomic mass is 16.3. The van der Waals surface area contributed by atoms with E-state index in [1.54, 1.807) is 0 Å². The number of hydrogen-bond acceptors (Lipinski definition) is 6. The Balaban J connectivity index is 1.08. The number of rotatable bonds is 7. The minimum absolute atomic E-state index is 0.603. The molecule has 6 nitrogen and oxygen atoms in total. The summed E-state index contributed by atoms with van der Waals surface area (Å²) in [5.41, 5.74) is 16.2. The van der Waals surface area contributed by atoms with Crippen molar-refractivity contribution in [3.8, 4) is 67.5 Å². The topological polar surface area (TPSA) is 77.8 Å². The summed E-state index contributed by atoms with van der Waals surface area (Å²) in [5.74, 6) is 1.85. The molecule has 6 heteroatoms. The van der Waals surface area contributed by atoms with Crippen molar-refractivity contribution >= 4 is 43.9 Å². The normalized spacial score (nSPS) is 12.8. The second kappa shape index (κ2) is 15.4. The zero-order chi connectivity index (χ0) is 45.5. The van der Waals surface area contributed by atoms with Gasteiger partial charge in [0, 0.05) is 67.3 Å². The van der Waals surface area contributed by atoms with Gasteiger partial charge < -0.3 is 8.83 Å². The molecule has 4 heterocycles. The fraction of sp³-hybridized carbons (Fsp3) is 0.0159. The van der Waals surface area contributed by atoms with E-state index in [0.29, 0.717) is 17.5 Å². The molecular formula is C63H38N4O2. The van der Waals surface area contributed by atoms with Crippen molar-refractivity contribution < 1.29 is 8.83 Å². The summed E-state index contributed by atoms with van der Waals surface area (Å²) in [4.78, 5) is 19.5. The zero-order valence-corrected chi connectivity index (χ0v) is 37.0. The van der Waals surface area contributed by atoms with Crippen molar-refractivity contribution in [1.29, 1.82) is 0 Å². The van der Waals surface area contributed by atoms with Crippen molar-refractivity contribution in [2.75, 3.05) is 0 Å². The van der Waals surface area contributed by atoms with Crippen LogP contribution in [0, 0.1) is 0 Å². The van der Waals surface area contributed by atoms with E-state index in [-0.39, 0.29) is 0 Å². The molecule has 14 rings (SSSR count). The minimum Gasteiger partial charge on any atom is -0.455 e. The molecule has 4 aromatic heterocycles. The van der Waals surface area contributed by atoms with E-state index in [2.05, 4.69) is 157 Å². The second-order valence-corrected chi connectivity index (χ2v) is 17.6. The van der Waals surface area contributed by atoms with Gasteiger partial charge in [0.15, 0.2) is 17.5 Å². The molecule has 0 atom stereocenters. The van der Waals surface area contributed by atoms with Crippen LogP contribution in [-0.4, -0.2) is 19.9 Å². The lowest BCUT2D eigenvalue weighted by Gasteiger charge is -2.34. The first kappa shape index (κ1) is 39.0. The van der Waals surface area contributed by atoms with Gasteiger partial charge in [0.1, 0.15) is 22.3 Å². The maximum Gasteiger partial charge on any atom is 0.164 e. The Labute approximate surface area is 396 Å². The molecule has 0 radical (unpaired) electrons. The molecule has 0 spiro atoms. The SMILES string of the molecule is c1ccc(-c2nc(-c3ccccc3)nc(-c3ccc(-c4cc5c(c6oc7ccccc7c46)-c4c(cc(-c6ccncc6)c6oc7ccccc7c46)C5(c4ccccc4)c4ccccc4)cc3)n2)cc1. The van der Waals surface area contributed by atoms with Crippen molar-refractivity contribution in [1.82, 2.24) is 19.9 Å². The van der Waals surface area contributed by atoms with Crippen LogP contribution in [0.1, 0.15) is 22.3 Å². The molecule has 0 saturated heterocycles. The third-order valence-electron chi connectivity index (χ3n) is 13.9. The Morgan fingerprint density at radius 2 is 0.754 bits per heavy atom. The van der Waals surface area contributed by atoms with Gasteiger partial charge in [-0.15, -0.1) is 0 Å². The standard InChI is InChI=1S/C63H38N4O2/c1-5-17-41(18-6-1)60-65-61(42-19-7-2-8-20-42)67-62(66-60)43-31-29-39(30-32-43)48-37-51-57(59-54(48)46-25-13-15-27-52(46)69-59)56-50(63(51,44-21-9-3-10-22-44)45-23-11-4-12-24-45)38-49(40-33-35-64-36-34-40)58-55(56)47-26-14-16-28-53(47)68-58/h1-38H. The first-order valence-corrected chi connectivity index (χ1v) is 23.2. The molecule has 69 heavy (non-hydrogen) atoms. The average Bonchev–Trinajstić information content (AvgIpc) is 4.10. The summed E-state index contributed by atoms with van der Waals surface area (Å²) < 4.78 is 14.2. The molecule has 0 bridgehead atoms. The zero-order valence-electron chi connectivity index (χ0n) is 37.0. The molecule has 0 N–H and O–H groups in total. The largest absolute Gasteiger partial charge is 0.455 e. The maximum absolute atomic E-state index is 7.27. The van der Waals surface area contributed by atoms with Crippen molar-refractivity contribution in [3.63, 3.8) is 0 Å². The van der Waals surface area contributed by atoms with E-state index >= 15 is 0 Å². The number of aromatic nitrogens is 4. The Kier molecular flexibility index (Phi) is 8.70. The Hall–Kier alpha value is -9.26. The maximum atomic E-state index is 7.27. The van der Waals surface area contributed by atoms with Crippen LogP contribution in [0.25, 0.3) is 111 Å². The third-order valence-corrected chi connectivity index (χ3v) is 13.9. The van der Waals surface area contributed by atoms with Gasteiger partial charge in [0.25, 0.3) is 0 Å². The molecule has 322 valence electrons. The van der Waals surface area contributed by atoms with Gasteiger partial charge in [-0.2, -0.15) is 0 Å². The second-order valence-electron chi connectivity index (χ2n) is 17.6. The molecule has 0 amide bonds.